The van der Waals surface area contributed by atoms with E-state index in [1.165, 1.54) is 10.9 Å². The molecule has 0 saturated carbocycles. The van der Waals surface area contributed by atoms with Gasteiger partial charge in [0.05, 0.1) is 5.39 Å². The number of hydrogen-bond acceptors (Lipinski definition) is 7. The van der Waals surface area contributed by atoms with Gasteiger partial charge in [-0.2, -0.15) is 0 Å². The van der Waals surface area contributed by atoms with E-state index in [0.29, 0.717) is 5.39 Å². The molecular weight excluding hydrogens is 330 g/mol. The molecule has 9 heteroatoms. The molecule has 0 fully saturated rings. The molecule has 2 aromatic heterocycles. The Kier molecular flexibility index (Phi) is 4.29. The Morgan fingerprint density at radius 1 is 1.44 bits per heavy atom. The highest BCUT2D eigenvalue weighted by atomic mass is 16.6. The summed E-state index contributed by atoms with van der Waals surface area (Å²) in [7, 11) is 0. The summed E-state index contributed by atoms with van der Waals surface area (Å²) in [6, 6.07) is 7.09. The molecule has 0 amide bonds. The Labute approximate surface area is 140 Å². The van der Waals surface area contributed by atoms with Crippen LogP contribution in [-0.2, 0) is 4.74 Å². The van der Waals surface area contributed by atoms with Crippen LogP contribution >= 0.6 is 0 Å². The first-order chi connectivity index (χ1) is 12.0. The Bertz CT molecular complexity index is 1010. The van der Waals surface area contributed by atoms with Gasteiger partial charge in [-0.05, 0) is 24.0 Å². The van der Waals surface area contributed by atoms with E-state index in [2.05, 4.69) is 4.98 Å². The van der Waals surface area contributed by atoms with E-state index >= 15 is 0 Å². The summed E-state index contributed by atoms with van der Waals surface area (Å²) >= 11 is 0. The maximum absolute atomic E-state index is 12.1. The molecule has 0 bridgehead atoms. The van der Waals surface area contributed by atoms with Crippen LogP contribution < -0.4 is 5.43 Å². The second kappa shape index (κ2) is 6.56. The zero-order valence-electron chi connectivity index (χ0n) is 13.1. The molecule has 3 aromatic rings. The molecule has 0 N–H and O–H groups in total. The lowest BCUT2D eigenvalue weighted by atomic mass is 10.2. The van der Waals surface area contributed by atoms with Crippen LogP contribution in [0.25, 0.3) is 11.0 Å². The number of para-hydroxylation sites is 1. The first-order valence-electron chi connectivity index (χ1n) is 7.33. The average Bonchev–Trinajstić information content (AvgIpc) is 3.09. The van der Waals surface area contributed by atoms with Gasteiger partial charge in [0.15, 0.2) is 11.8 Å². The summed E-state index contributed by atoms with van der Waals surface area (Å²) < 4.78 is 11.8. The maximum atomic E-state index is 12.1. The largest absolute Gasteiger partial charge is 0.455 e. The van der Waals surface area contributed by atoms with Gasteiger partial charge in [0.25, 0.3) is 0 Å². The zero-order valence-corrected chi connectivity index (χ0v) is 13.1. The third-order valence-corrected chi connectivity index (χ3v) is 3.60. The number of fused-ring (bicyclic) bond motifs is 1. The summed E-state index contributed by atoms with van der Waals surface area (Å²) in [5, 5.41) is 11.3. The van der Waals surface area contributed by atoms with Crippen LogP contribution in [0.15, 0.2) is 52.1 Å². The molecule has 1 aromatic carbocycles. The molecule has 0 aliphatic rings. The van der Waals surface area contributed by atoms with Crippen molar-refractivity contribution in [2.75, 3.05) is 6.61 Å². The van der Waals surface area contributed by atoms with Crippen LogP contribution in [0, 0.1) is 10.1 Å². The van der Waals surface area contributed by atoms with Gasteiger partial charge in [-0.1, -0.05) is 12.1 Å². The maximum Gasteiger partial charge on any atom is 0.374 e. The third-order valence-electron chi connectivity index (χ3n) is 3.60. The monoisotopic (exact) mass is 343 g/mol. The van der Waals surface area contributed by atoms with Gasteiger partial charge in [-0.3, -0.25) is 4.79 Å². The molecule has 0 aliphatic carbocycles. The number of nitrogens with zero attached hydrogens (tertiary/aromatic N) is 3. The smallest absolute Gasteiger partial charge is 0.374 e. The summed E-state index contributed by atoms with van der Waals surface area (Å²) in [4.78, 5) is 38.2. The SMILES string of the molecule is CC(COC(=O)c1cc(=O)c2ccccc2o1)n1cncc1[N+](=O)[O-]. The van der Waals surface area contributed by atoms with E-state index in [9.17, 15) is 19.7 Å². The highest BCUT2D eigenvalue weighted by Gasteiger charge is 2.22. The fourth-order valence-corrected chi connectivity index (χ4v) is 2.33. The predicted molar refractivity (Wildman–Crippen MR) is 86.4 cm³/mol. The Morgan fingerprint density at radius 3 is 2.96 bits per heavy atom. The van der Waals surface area contributed by atoms with Gasteiger partial charge in [-0.25, -0.2) is 14.3 Å². The van der Waals surface area contributed by atoms with E-state index in [4.69, 9.17) is 9.15 Å². The quantitative estimate of drug-likeness (QED) is 0.396. The summed E-state index contributed by atoms with van der Waals surface area (Å²) in [5.74, 6) is -1.26. The van der Waals surface area contributed by atoms with Crippen molar-refractivity contribution >= 4 is 22.8 Å². The standard InChI is InChI=1S/C16H13N3O6/c1-10(18-9-17-7-15(18)19(22)23)8-24-16(21)14-6-12(20)11-4-2-3-5-13(11)25-14/h2-7,9-10H,8H2,1H3. The van der Waals surface area contributed by atoms with Crippen LogP contribution in [-0.4, -0.2) is 27.1 Å². The van der Waals surface area contributed by atoms with Gasteiger partial charge >= 0.3 is 11.8 Å². The summed E-state index contributed by atoms with van der Waals surface area (Å²) in [6.07, 6.45) is 2.40. The fourth-order valence-electron chi connectivity index (χ4n) is 2.33. The van der Waals surface area contributed by atoms with Crippen LogP contribution in [0.2, 0.25) is 0 Å². The minimum absolute atomic E-state index is 0.146. The number of rotatable bonds is 5. The number of aromatic nitrogens is 2. The number of nitro groups is 1. The molecule has 1 atom stereocenters. The molecule has 128 valence electrons. The summed E-state index contributed by atoms with van der Waals surface area (Å²) in [6.45, 7) is 1.49. The van der Waals surface area contributed by atoms with E-state index in [-0.39, 0.29) is 29.2 Å². The van der Waals surface area contributed by atoms with Crippen molar-refractivity contribution in [3.8, 4) is 0 Å². The van der Waals surface area contributed by atoms with Crippen molar-refractivity contribution in [3.05, 3.63) is 69.0 Å². The number of esters is 1. The molecule has 0 aliphatic heterocycles. The van der Waals surface area contributed by atoms with Gasteiger partial charge in [-0.15, -0.1) is 0 Å². The lowest BCUT2D eigenvalue weighted by Crippen LogP contribution is -2.17. The third kappa shape index (κ3) is 3.25. The Balaban J connectivity index is 1.75. The van der Waals surface area contributed by atoms with Gasteiger partial charge in [0.2, 0.25) is 5.76 Å². The van der Waals surface area contributed by atoms with Crippen molar-refractivity contribution in [1.82, 2.24) is 9.55 Å². The topological polar surface area (TPSA) is 117 Å². The molecule has 0 spiro atoms. The lowest BCUT2D eigenvalue weighted by Gasteiger charge is -2.10. The zero-order chi connectivity index (χ0) is 18.0. The molecule has 3 rings (SSSR count). The van der Waals surface area contributed by atoms with E-state index in [1.807, 2.05) is 0 Å². The van der Waals surface area contributed by atoms with Crippen LogP contribution in [0.5, 0.6) is 0 Å². The van der Waals surface area contributed by atoms with Crippen molar-refractivity contribution in [3.63, 3.8) is 0 Å². The predicted octanol–water partition coefficient (Wildman–Crippen LogP) is 2.32. The Hall–Kier alpha value is -3.49. The van der Waals surface area contributed by atoms with Gasteiger partial charge in [0.1, 0.15) is 24.4 Å². The summed E-state index contributed by atoms with van der Waals surface area (Å²) in [5.41, 5.74) is -0.0765. The minimum Gasteiger partial charge on any atom is -0.455 e. The van der Waals surface area contributed by atoms with E-state index in [0.717, 1.165) is 12.3 Å². The highest BCUT2D eigenvalue weighted by molar-refractivity contribution is 5.88. The number of carbonyl (C=O) groups excluding carboxylic acids is 1. The van der Waals surface area contributed by atoms with Crippen molar-refractivity contribution < 1.29 is 18.9 Å². The molecule has 9 nitrogen and oxygen atoms in total. The minimum atomic E-state index is -0.822. The number of ether oxygens (including phenoxy) is 1. The highest BCUT2D eigenvalue weighted by Crippen LogP contribution is 2.18. The van der Waals surface area contributed by atoms with Crippen LogP contribution in [0.1, 0.15) is 23.5 Å². The number of benzene rings is 1. The normalized spacial score (nSPS) is 12.0. The van der Waals surface area contributed by atoms with Gasteiger partial charge < -0.3 is 19.3 Å². The number of hydrogen-bond donors (Lipinski definition) is 0. The first kappa shape index (κ1) is 16.4. The number of imidazole rings is 1. The van der Waals surface area contributed by atoms with E-state index in [1.54, 1.807) is 31.2 Å². The second-order valence-corrected chi connectivity index (χ2v) is 5.33. The molecule has 0 saturated heterocycles. The molecule has 25 heavy (non-hydrogen) atoms. The average molecular weight is 343 g/mol. The fraction of sp³-hybridized carbons (Fsp3) is 0.188. The van der Waals surface area contributed by atoms with E-state index < -0.39 is 16.9 Å². The lowest BCUT2D eigenvalue weighted by molar-refractivity contribution is -0.392. The number of carbonyl (C=O) groups is 1. The molecule has 0 radical (unpaired) electrons. The second-order valence-electron chi connectivity index (χ2n) is 5.33. The van der Waals surface area contributed by atoms with Crippen molar-refractivity contribution in [2.24, 2.45) is 0 Å². The molecule has 1 unspecified atom stereocenters. The molecular formula is C16H13N3O6. The first-order valence-corrected chi connectivity index (χ1v) is 7.33. The van der Waals surface area contributed by atoms with Gasteiger partial charge in [0, 0.05) is 6.07 Å². The van der Waals surface area contributed by atoms with Crippen LogP contribution in [0.4, 0.5) is 5.82 Å². The Morgan fingerprint density at radius 2 is 2.20 bits per heavy atom. The van der Waals surface area contributed by atoms with Crippen molar-refractivity contribution in [2.45, 2.75) is 13.0 Å². The molecule has 2 heterocycles. The van der Waals surface area contributed by atoms with Crippen LogP contribution in [0.3, 0.4) is 0 Å². The van der Waals surface area contributed by atoms with Crippen molar-refractivity contribution in [1.29, 1.82) is 0 Å².